The molecule has 1 amide bonds. The van der Waals surface area contributed by atoms with E-state index in [1.807, 2.05) is 25.1 Å². The van der Waals surface area contributed by atoms with Crippen molar-refractivity contribution in [1.29, 1.82) is 0 Å². The lowest BCUT2D eigenvalue weighted by molar-refractivity contribution is 0.0940. The molecule has 1 aliphatic heterocycles. The Kier molecular flexibility index (Phi) is 5.08. The van der Waals surface area contributed by atoms with Crippen LogP contribution in [0.3, 0.4) is 0 Å². The van der Waals surface area contributed by atoms with Gasteiger partial charge in [-0.1, -0.05) is 35.9 Å². The van der Waals surface area contributed by atoms with Crippen LogP contribution >= 0.6 is 0 Å². The van der Waals surface area contributed by atoms with Crippen LogP contribution in [0.4, 0.5) is 0 Å². The number of nitrogens with one attached hydrogen (secondary N) is 1. The average molecular weight is 359 g/mol. The van der Waals surface area contributed by atoms with Crippen molar-refractivity contribution in [1.82, 2.24) is 5.32 Å². The van der Waals surface area contributed by atoms with Crippen LogP contribution in [0.15, 0.2) is 48.5 Å². The molecule has 0 unspecified atom stereocenters. The van der Waals surface area contributed by atoms with Crippen molar-refractivity contribution in [2.45, 2.75) is 26.0 Å². The minimum atomic E-state index is -3.01. The van der Waals surface area contributed by atoms with E-state index in [2.05, 4.69) is 11.4 Å². The molecule has 1 aliphatic rings. The summed E-state index contributed by atoms with van der Waals surface area (Å²) in [4.78, 5) is 12.3. The van der Waals surface area contributed by atoms with E-state index in [0.29, 0.717) is 24.3 Å². The lowest BCUT2D eigenvalue weighted by atomic mass is 10.1. The molecule has 0 aliphatic carbocycles. The molecule has 0 bridgehead atoms. The topological polar surface area (TPSA) is 72.5 Å². The molecule has 5 nitrogen and oxygen atoms in total. The quantitative estimate of drug-likeness (QED) is 0.890. The second kappa shape index (κ2) is 7.27. The smallest absolute Gasteiger partial charge is 0.251 e. The van der Waals surface area contributed by atoms with Gasteiger partial charge in [-0.15, -0.1) is 0 Å². The third-order valence-electron chi connectivity index (χ3n) is 4.15. The Hall–Kier alpha value is -2.34. The summed E-state index contributed by atoms with van der Waals surface area (Å²) in [5, 5.41) is 2.79. The first kappa shape index (κ1) is 17.5. The maximum atomic E-state index is 12.3. The van der Waals surface area contributed by atoms with Gasteiger partial charge in [-0.2, -0.15) is 0 Å². The lowest BCUT2D eigenvalue weighted by Crippen LogP contribution is -2.35. The van der Waals surface area contributed by atoms with Crippen molar-refractivity contribution in [3.05, 3.63) is 65.2 Å². The minimum absolute atomic E-state index is 0.0162. The van der Waals surface area contributed by atoms with Crippen molar-refractivity contribution >= 4 is 15.7 Å². The Labute approximate surface area is 147 Å². The molecule has 0 spiro atoms. The molecule has 1 fully saturated rings. The number of carbonyl (C=O) groups is 1. The van der Waals surface area contributed by atoms with Gasteiger partial charge in [0.15, 0.2) is 9.84 Å². The summed E-state index contributed by atoms with van der Waals surface area (Å²) in [6.45, 7) is 2.45. The van der Waals surface area contributed by atoms with Crippen molar-refractivity contribution in [2.75, 3.05) is 11.5 Å². The Morgan fingerprint density at radius 2 is 2.00 bits per heavy atom. The highest BCUT2D eigenvalue weighted by Gasteiger charge is 2.29. The first-order valence-corrected chi connectivity index (χ1v) is 10.0. The summed E-state index contributed by atoms with van der Waals surface area (Å²) >= 11 is 0. The van der Waals surface area contributed by atoms with Crippen molar-refractivity contribution in [3.8, 4) is 5.75 Å². The highest BCUT2D eigenvalue weighted by atomic mass is 32.2. The number of hydrogen-bond donors (Lipinski definition) is 1. The molecule has 2 aromatic rings. The molecule has 132 valence electrons. The van der Waals surface area contributed by atoms with Gasteiger partial charge >= 0.3 is 0 Å². The van der Waals surface area contributed by atoms with Crippen molar-refractivity contribution < 1.29 is 17.9 Å². The second-order valence-electron chi connectivity index (χ2n) is 6.38. The summed E-state index contributed by atoms with van der Waals surface area (Å²) in [6.07, 6.45) is 0.470. The maximum absolute atomic E-state index is 12.3. The van der Waals surface area contributed by atoms with Crippen LogP contribution in [0.25, 0.3) is 0 Å². The summed E-state index contributed by atoms with van der Waals surface area (Å²) in [5.41, 5.74) is 2.69. The van der Waals surface area contributed by atoms with E-state index >= 15 is 0 Å². The minimum Gasteiger partial charge on any atom is -0.489 e. The molecular weight excluding hydrogens is 338 g/mol. The van der Waals surface area contributed by atoms with E-state index in [9.17, 15) is 13.2 Å². The molecule has 0 saturated carbocycles. The Morgan fingerprint density at radius 3 is 2.72 bits per heavy atom. The predicted molar refractivity (Wildman–Crippen MR) is 96.5 cm³/mol. The van der Waals surface area contributed by atoms with Crippen LogP contribution in [-0.4, -0.2) is 31.9 Å². The Balaban J connectivity index is 1.62. The number of sulfone groups is 1. The fourth-order valence-electron chi connectivity index (χ4n) is 2.87. The van der Waals surface area contributed by atoms with Gasteiger partial charge in [0.25, 0.3) is 5.91 Å². The zero-order chi connectivity index (χ0) is 17.9. The van der Waals surface area contributed by atoms with Crippen LogP contribution in [0.2, 0.25) is 0 Å². The van der Waals surface area contributed by atoms with Gasteiger partial charge < -0.3 is 10.1 Å². The predicted octanol–water partition coefficient (Wildman–Crippen LogP) is 2.49. The van der Waals surface area contributed by atoms with Crippen LogP contribution < -0.4 is 10.1 Å². The van der Waals surface area contributed by atoms with Crippen LogP contribution in [0.5, 0.6) is 5.75 Å². The SMILES string of the molecule is Cc1cccc(COc2cccc(C(=O)N[C@H]3CCS(=O)(=O)C3)c2)c1. The number of rotatable bonds is 5. The van der Waals surface area contributed by atoms with E-state index in [-0.39, 0.29) is 23.5 Å². The molecule has 3 rings (SSSR count). The number of amides is 1. The van der Waals surface area contributed by atoms with E-state index < -0.39 is 9.84 Å². The van der Waals surface area contributed by atoms with Gasteiger partial charge in [-0.05, 0) is 37.1 Å². The fraction of sp³-hybridized carbons (Fsp3) is 0.316. The van der Waals surface area contributed by atoms with Gasteiger partial charge in [-0.3, -0.25) is 4.79 Å². The third kappa shape index (κ3) is 4.82. The summed E-state index contributed by atoms with van der Waals surface area (Å²) in [7, 11) is -3.01. The molecule has 1 atom stereocenters. The van der Waals surface area contributed by atoms with Gasteiger partial charge in [0.05, 0.1) is 11.5 Å². The molecule has 1 heterocycles. The van der Waals surface area contributed by atoms with Crippen LogP contribution in [0, 0.1) is 6.92 Å². The summed E-state index contributed by atoms with van der Waals surface area (Å²) in [6, 6.07) is 14.7. The highest BCUT2D eigenvalue weighted by Crippen LogP contribution is 2.17. The first-order chi connectivity index (χ1) is 11.9. The lowest BCUT2D eigenvalue weighted by Gasteiger charge is -2.12. The second-order valence-corrected chi connectivity index (χ2v) is 8.61. The standard InChI is InChI=1S/C19H21NO4S/c1-14-4-2-5-15(10-14)12-24-18-7-3-6-16(11-18)19(21)20-17-8-9-25(22,23)13-17/h2-7,10-11,17H,8-9,12-13H2,1H3,(H,20,21)/t17-/m0/s1. The number of ether oxygens (including phenoxy) is 1. The molecule has 1 saturated heterocycles. The number of benzene rings is 2. The number of carbonyl (C=O) groups excluding carboxylic acids is 1. The zero-order valence-electron chi connectivity index (χ0n) is 14.1. The number of hydrogen-bond acceptors (Lipinski definition) is 4. The van der Waals surface area contributed by atoms with Crippen molar-refractivity contribution in [3.63, 3.8) is 0 Å². The van der Waals surface area contributed by atoms with E-state index in [4.69, 9.17) is 4.74 Å². The third-order valence-corrected chi connectivity index (χ3v) is 5.92. The van der Waals surface area contributed by atoms with Gasteiger partial charge in [0, 0.05) is 11.6 Å². The maximum Gasteiger partial charge on any atom is 0.251 e. The molecule has 1 N–H and O–H groups in total. The largest absolute Gasteiger partial charge is 0.489 e. The van der Waals surface area contributed by atoms with E-state index in [1.165, 1.54) is 5.56 Å². The van der Waals surface area contributed by atoms with Gasteiger partial charge in [-0.25, -0.2) is 8.42 Å². The first-order valence-electron chi connectivity index (χ1n) is 8.21. The van der Waals surface area contributed by atoms with E-state index in [1.54, 1.807) is 24.3 Å². The Bertz CT molecular complexity index is 876. The molecule has 6 heteroatoms. The Morgan fingerprint density at radius 1 is 1.20 bits per heavy atom. The van der Waals surface area contributed by atoms with Crippen LogP contribution in [-0.2, 0) is 16.4 Å². The van der Waals surface area contributed by atoms with Crippen LogP contribution in [0.1, 0.15) is 27.9 Å². The monoisotopic (exact) mass is 359 g/mol. The van der Waals surface area contributed by atoms with E-state index in [0.717, 1.165) is 5.56 Å². The average Bonchev–Trinajstić information content (AvgIpc) is 2.92. The van der Waals surface area contributed by atoms with Crippen molar-refractivity contribution in [2.24, 2.45) is 0 Å². The summed E-state index contributed by atoms with van der Waals surface area (Å²) < 4.78 is 28.7. The molecule has 25 heavy (non-hydrogen) atoms. The fourth-order valence-corrected chi connectivity index (χ4v) is 4.55. The molecule has 0 radical (unpaired) electrons. The molecular formula is C19H21NO4S. The normalized spacial score (nSPS) is 18.7. The highest BCUT2D eigenvalue weighted by molar-refractivity contribution is 7.91. The molecule has 2 aromatic carbocycles. The van der Waals surface area contributed by atoms with Gasteiger partial charge in [0.2, 0.25) is 0 Å². The summed E-state index contributed by atoms with van der Waals surface area (Å²) in [5.74, 6) is 0.483. The number of aryl methyl sites for hydroxylation is 1. The zero-order valence-corrected chi connectivity index (χ0v) is 14.9. The molecule has 0 aromatic heterocycles. The van der Waals surface area contributed by atoms with Gasteiger partial charge in [0.1, 0.15) is 12.4 Å².